The Morgan fingerprint density at radius 3 is 2.00 bits per heavy atom. The highest BCUT2D eigenvalue weighted by Gasteiger charge is 2.30. The first-order valence-electron chi connectivity index (χ1n) is 7.91. The van der Waals surface area contributed by atoms with Crippen LogP contribution in [0, 0.1) is 5.92 Å². The van der Waals surface area contributed by atoms with Crippen LogP contribution >= 0.6 is 0 Å². The maximum Gasteiger partial charge on any atom is 0.0845 e. The molecule has 122 valence electrons. The number of hydrogen-bond donors (Lipinski definition) is 0. The minimum absolute atomic E-state index is 0.158. The zero-order chi connectivity index (χ0) is 17.5. The van der Waals surface area contributed by atoms with Crippen LogP contribution in [0.2, 0.25) is 0 Å². The van der Waals surface area contributed by atoms with Gasteiger partial charge < -0.3 is 0 Å². The van der Waals surface area contributed by atoms with Crippen molar-refractivity contribution in [1.29, 1.82) is 0 Å². The zero-order valence-corrected chi connectivity index (χ0v) is 13.4. The van der Waals surface area contributed by atoms with E-state index >= 15 is 0 Å². The lowest BCUT2D eigenvalue weighted by atomic mass is 9.84. The van der Waals surface area contributed by atoms with E-state index in [-0.39, 0.29) is 5.92 Å². The van der Waals surface area contributed by atoms with Crippen molar-refractivity contribution in [2.24, 2.45) is 16.1 Å². The number of azide groups is 2. The van der Waals surface area contributed by atoms with Gasteiger partial charge in [-0.1, -0.05) is 89.1 Å². The van der Waals surface area contributed by atoms with Crippen molar-refractivity contribution in [3.05, 3.63) is 116 Å². The molecule has 1 aliphatic carbocycles. The van der Waals surface area contributed by atoms with Gasteiger partial charge in [-0.25, -0.2) is 0 Å². The van der Waals surface area contributed by atoms with Crippen LogP contribution in [0.25, 0.3) is 20.9 Å². The van der Waals surface area contributed by atoms with Gasteiger partial charge in [0, 0.05) is 15.7 Å². The van der Waals surface area contributed by atoms with E-state index in [0.717, 1.165) is 16.7 Å². The molecule has 0 spiro atoms. The molecule has 3 atom stereocenters. The van der Waals surface area contributed by atoms with Crippen LogP contribution in [0.5, 0.6) is 0 Å². The quantitative estimate of drug-likeness (QED) is 0.342. The Kier molecular flexibility index (Phi) is 5.17. The van der Waals surface area contributed by atoms with Crippen molar-refractivity contribution in [2.75, 3.05) is 0 Å². The molecule has 0 heterocycles. The number of allylic oxidation sites excluding steroid dienone is 2. The smallest absolute Gasteiger partial charge is 0.0845 e. The predicted octanol–water partition coefficient (Wildman–Crippen LogP) is 6.20. The van der Waals surface area contributed by atoms with Gasteiger partial charge in [0.2, 0.25) is 0 Å². The maximum atomic E-state index is 9.04. The summed E-state index contributed by atoms with van der Waals surface area (Å²) >= 11 is 0. The molecule has 6 nitrogen and oxygen atoms in total. The van der Waals surface area contributed by atoms with Gasteiger partial charge >= 0.3 is 0 Å². The third-order valence-corrected chi connectivity index (χ3v) is 4.25. The average molecular weight is 328 g/mol. The first-order valence-corrected chi connectivity index (χ1v) is 7.91. The summed E-state index contributed by atoms with van der Waals surface area (Å²) in [6.45, 7) is 0. The molecule has 1 unspecified atom stereocenters. The largest absolute Gasteiger partial charge is 0.0850 e. The fourth-order valence-electron chi connectivity index (χ4n) is 3.13. The van der Waals surface area contributed by atoms with Gasteiger partial charge in [0.25, 0.3) is 0 Å². The van der Waals surface area contributed by atoms with E-state index in [1.807, 2.05) is 78.9 Å². The van der Waals surface area contributed by atoms with Crippen molar-refractivity contribution < 1.29 is 0 Å². The second-order valence-electron chi connectivity index (χ2n) is 5.66. The van der Waals surface area contributed by atoms with Gasteiger partial charge in [-0.15, -0.1) is 0 Å². The first-order chi connectivity index (χ1) is 12.3. The van der Waals surface area contributed by atoms with Crippen molar-refractivity contribution in [3.63, 3.8) is 0 Å². The average Bonchev–Trinajstić information content (AvgIpc) is 3.14. The molecule has 0 amide bonds. The van der Waals surface area contributed by atoms with E-state index < -0.39 is 12.1 Å². The molecule has 0 saturated heterocycles. The number of hydrogen-bond acceptors (Lipinski definition) is 2. The van der Waals surface area contributed by atoms with Crippen molar-refractivity contribution in [3.8, 4) is 0 Å². The minimum atomic E-state index is -0.439. The molecule has 2 aromatic carbocycles. The molecule has 0 aliphatic heterocycles. The van der Waals surface area contributed by atoms with Gasteiger partial charge in [0.1, 0.15) is 0 Å². The Morgan fingerprint density at radius 1 is 0.800 bits per heavy atom. The Hall–Kier alpha value is -3.46. The van der Waals surface area contributed by atoms with E-state index in [9.17, 15) is 0 Å². The molecule has 1 aliphatic rings. The summed E-state index contributed by atoms with van der Waals surface area (Å²) in [5.41, 5.74) is 20.8. The number of rotatable bonds is 6. The molecule has 0 aromatic heterocycles. The van der Waals surface area contributed by atoms with Crippen LogP contribution in [0.4, 0.5) is 0 Å². The number of nitrogens with zero attached hydrogens (tertiary/aromatic N) is 6. The van der Waals surface area contributed by atoms with Crippen molar-refractivity contribution in [2.45, 2.75) is 12.1 Å². The second-order valence-corrected chi connectivity index (χ2v) is 5.66. The summed E-state index contributed by atoms with van der Waals surface area (Å²) in [5.74, 6) is -0.158. The molecule has 0 fully saturated rings. The van der Waals surface area contributed by atoms with E-state index in [2.05, 4.69) is 20.1 Å². The maximum absolute atomic E-state index is 9.04. The Labute approximate surface area is 145 Å². The molecule has 0 bridgehead atoms. The van der Waals surface area contributed by atoms with Crippen LogP contribution in [0.3, 0.4) is 0 Å². The van der Waals surface area contributed by atoms with Crippen molar-refractivity contribution >= 4 is 0 Å². The monoisotopic (exact) mass is 328 g/mol. The van der Waals surface area contributed by atoms with E-state index in [0.29, 0.717) is 0 Å². The van der Waals surface area contributed by atoms with Crippen LogP contribution < -0.4 is 0 Å². The molecule has 3 rings (SSSR count). The molecule has 0 radical (unpaired) electrons. The zero-order valence-electron chi connectivity index (χ0n) is 13.4. The van der Waals surface area contributed by atoms with Gasteiger partial charge in [-0.2, -0.15) is 0 Å². The van der Waals surface area contributed by atoms with E-state index in [1.165, 1.54) is 0 Å². The minimum Gasteiger partial charge on any atom is -0.0850 e. The number of benzene rings is 2. The first kappa shape index (κ1) is 16.4. The molecule has 25 heavy (non-hydrogen) atoms. The Morgan fingerprint density at radius 2 is 1.40 bits per heavy atom. The van der Waals surface area contributed by atoms with E-state index in [1.54, 1.807) is 0 Å². The van der Waals surface area contributed by atoms with Gasteiger partial charge in [0.05, 0.1) is 12.1 Å². The van der Waals surface area contributed by atoms with Crippen LogP contribution in [0.1, 0.15) is 23.2 Å². The third kappa shape index (κ3) is 3.56. The molecule has 0 N–H and O–H groups in total. The summed E-state index contributed by atoms with van der Waals surface area (Å²) in [6, 6.07) is 18.4. The molecule has 6 heteroatoms. The summed E-state index contributed by atoms with van der Waals surface area (Å²) in [6.07, 6.45) is 5.86. The predicted molar refractivity (Wildman–Crippen MR) is 97.4 cm³/mol. The summed E-state index contributed by atoms with van der Waals surface area (Å²) in [4.78, 5) is 6.05. The standard InChI is InChI=1S/C19H16N6/c20-24-22-18(14-8-3-1-4-9-14)16-12-7-13-17(16)19(23-25-21)15-10-5-2-6-11-15/h1-13,16,18-19H/t16?,18-,19+/m0/s1. The normalized spacial score (nSPS) is 17.8. The molecular formula is C19H16N6. The van der Waals surface area contributed by atoms with Crippen LogP contribution in [-0.2, 0) is 0 Å². The van der Waals surface area contributed by atoms with Gasteiger partial charge in [-0.3, -0.25) is 0 Å². The third-order valence-electron chi connectivity index (χ3n) is 4.25. The highest BCUT2D eigenvalue weighted by molar-refractivity contribution is 5.40. The lowest BCUT2D eigenvalue weighted by Crippen LogP contribution is -2.14. The fourth-order valence-corrected chi connectivity index (χ4v) is 3.13. The summed E-state index contributed by atoms with van der Waals surface area (Å²) in [7, 11) is 0. The lowest BCUT2D eigenvalue weighted by Gasteiger charge is -2.25. The highest BCUT2D eigenvalue weighted by Crippen LogP contribution is 2.42. The summed E-state index contributed by atoms with van der Waals surface area (Å²) < 4.78 is 0. The lowest BCUT2D eigenvalue weighted by molar-refractivity contribution is 0.557. The van der Waals surface area contributed by atoms with E-state index in [4.69, 9.17) is 11.1 Å². The van der Waals surface area contributed by atoms with Gasteiger partial charge in [-0.05, 0) is 27.8 Å². The van der Waals surface area contributed by atoms with Crippen LogP contribution in [0.15, 0.2) is 94.7 Å². The second kappa shape index (κ2) is 7.88. The van der Waals surface area contributed by atoms with Gasteiger partial charge in [0.15, 0.2) is 0 Å². The van der Waals surface area contributed by atoms with Crippen molar-refractivity contribution in [1.82, 2.24) is 0 Å². The van der Waals surface area contributed by atoms with Crippen LogP contribution in [-0.4, -0.2) is 0 Å². The Balaban J connectivity index is 2.01. The SMILES string of the molecule is [N-]=[N+]=N[C@@H](C1=CC=CC1[C@@H](N=[N+]=[N-])c1ccccc1)c1ccccc1. The topological polar surface area (TPSA) is 97.5 Å². The molecular weight excluding hydrogens is 312 g/mol. The fraction of sp³-hybridized carbons (Fsp3) is 0.158. The Bertz CT molecular complexity index is 875. The molecule has 0 saturated carbocycles. The molecule has 2 aromatic rings. The summed E-state index contributed by atoms with van der Waals surface area (Å²) in [5, 5.41) is 8.02. The highest BCUT2D eigenvalue weighted by atomic mass is 15.2.